The molecule has 1 fully saturated rings. The Hall–Kier alpha value is -1.14. The third-order valence-corrected chi connectivity index (χ3v) is 7.05. The maximum Gasteiger partial charge on any atom is 0.182 e. The fourth-order valence-corrected chi connectivity index (χ4v) is 5.66. The highest BCUT2D eigenvalue weighted by Crippen LogP contribution is 2.54. The zero-order valence-corrected chi connectivity index (χ0v) is 15.0. The van der Waals surface area contributed by atoms with Crippen LogP contribution in [-0.2, 0) is 9.84 Å². The lowest BCUT2D eigenvalue weighted by Gasteiger charge is -2.04. The van der Waals surface area contributed by atoms with E-state index in [1.54, 1.807) is 24.3 Å². The number of nitrogens with two attached hydrogens (primary N) is 1. The van der Waals surface area contributed by atoms with Crippen molar-refractivity contribution >= 4 is 50.2 Å². The number of thiocarbonyl (C=S) groups is 1. The number of benzene rings is 2. The maximum atomic E-state index is 12.9. The molecule has 0 saturated heterocycles. The average molecular weight is 386 g/mol. The second-order valence-electron chi connectivity index (χ2n) is 5.47. The summed E-state index contributed by atoms with van der Waals surface area (Å²) >= 11 is 16.8. The van der Waals surface area contributed by atoms with Crippen molar-refractivity contribution in [1.29, 1.82) is 0 Å². The topological polar surface area (TPSA) is 60.2 Å². The summed E-state index contributed by atoms with van der Waals surface area (Å²) < 4.78 is 25.8. The molecule has 0 aromatic heterocycles. The largest absolute Gasteiger partial charge is 0.393 e. The molecule has 0 unspecified atom stereocenters. The zero-order chi connectivity index (χ0) is 16.8. The molecule has 23 heavy (non-hydrogen) atoms. The van der Waals surface area contributed by atoms with Crippen molar-refractivity contribution in [2.45, 2.75) is 16.1 Å². The minimum absolute atomic E-state index is 0.215. The Morgan fingerprint density at radius 2 is 1.43 bits per heavy atom. The fourth-order valence-electron chi connectivity index (χ4n) is 2.87. The van der Waals surface area contributed by atoms with Gasteiger partial charge in [-0.25, -0.2) is 8.42 Å². The Labute approximate surface area is 150 Å². The molecule has 3 nitrogen and oxygen atoms in total. The van der Waals surface area contributed by atoms with Gasteiger partial charge in [0.25, 0.3) is 0 Å². The fraction of sp³-hybridized carbons (Fsp3) is 0.188. The van der Waals surface area contributed by atoms with Crippen molar-refractivity contribution in [3.63, 3.8) is 0 Å². The molecule has 1 saturated carbocycles. The molecule has 3 atom stereocenters. The highest BCUT2D eigenvalue weighted by atomic mass is 35.5. The van der Waals surface area contributed by atoms with E-state index in [9.17, 15) is 8.42 Å². The lowest BCUT2D eigenvalue weighted by Crippen LogP contribution is -2.17. The molecule has 120 valence electrons. The smallest absolute Gasteiger partial charge is 0.182 e. The predicted molar refractivity (Wildman–Crippen MR) is 96.9 cm³/mol. The average Bonchev–Trinajstić information content (AvgIpc) is 3.25. The third-order valence-electron chi connectivity index (χ3n) is 4.04. The molecule has 2 aromatic rings. The van der Waals surface area contributed by atoms with E-state index in [1.807, 2.05) is 12.1 Å². The van der Waals surface area contributed by atoms with Crippen molar-refractivity contribution in [3.05, 3.63) is 64.1 Å². The SMILES string of the molecule is NC(=S)[C@@H]1[C@@H](c2ccc(Cl)cc2)[C@@H]1S(=O)(=O)c1ccc(Cl)cc1. The van der Waals surface area contributed by atoms with E-state index in [0.717, 1.165) is 5.56 Å². The lowest BCUT2D eigenvalue weighted by atomic mass is 10.1. The van der Waals surface area contributed by atoms with Crippen LogP contribution in [0.1, 0.15) is 11.5 Å². The minimum atomic E-state index is -3.54. The number of rotatable bonds is 4. The van der Waals surface area contributed by atoms with Gasteiger partial charge in [-0.15, -0.1) is 0 Å². The summed E-state index contributed by atoms with van der Waals surface area (Å²) in [7, 11) is -3.54. The minimum Gasteiger partial charge on any atom is -0.393 e. The van der Waals surface area contributed by atoms with Gasteiger partial charge in [-0.05, 0) is 42.0 Å². The van der Waals surface area contributed by atoms with Crippen LogP contribution >= 0.6 is 35.4 Å². The number of hydrogen-bond acceptors (Lipinski definition) is 3. The molecule has 0 heterocycles. The van der Waals surface area contributed by atoms with Crippen molar-refractivity contribution in [2.75, 3.05) is 0 Å². The molecule has 2 N–H and O–H groups in total. The van der Waals surface area contributed by atoms with Crippen LogP contribution in [0.2, 0.25) is 10.0 Å². The molecule has 2 aromatic carbocycles. The van der Waals surface area contributed by atoms with E-state index in [0.29, 0.717) is 10.0 Å². The highest BCUT2D eigenvalue weighted by Gasteiger charge is 2.60. The van der Waals surface area contributed by atoms with Crippen LogP contribution in [0, 0.1) is 5.92 Å². The molecule has 0 bridgehead atoms. The van der Waals surface area contributed by atoms with Crippen LogP contribution in [0.15, 0.2) is 53.4 Å². The van der Waals surface area contributed by atoms with Gasteiger partial charge >= 0.3 is 0 Å². The normalized spacial score (nSPS) is 23.5. The van der Waals surface area contributed by atoms with Gasteiger partial charge < -0.3 is 5.73 Å². The quantitative estimate of drug-likeness (QED) is 0.812. The van der Waals surface area contributed by atoms with Crippen molar-refractivity contribution < 1.29 is 8.42 Å². The van der Waals surface area contributed by atoms with Gasteiger partial charge in [-0.2, -0.15) is 0 Å². The summed E-state index contributed by atoms with van der Waals surface area (Å²) in [5.41, 5.74) is 6.63. The van der Waals surface area contributed by atoms with Gasteiger partial charge in [0.15, 0.2) is 9.84 Å². The number of sulfone groups is 1. The Kier molecular flexibility index (Phi) is 4.40. The summed E-state index contributed by atoms with van der Waals surface area (Å²) in [6.07, 6.45) is 0. The van der Waals surface area contributed by atoms with Crippen LogP contribution in [0.3, 0.4) is 0 Å². The van der Waals surface area contributed by atoms with Crippen molar-refractivity contribution in [2.24, 2.45) is 11.7 Å². The van der Waals surface area contributed by atoms with E-state index in [2.05, 4.69) is 0 Å². The summed E-state index contributed by atoms with van der Waals surface area (Å²) in [4.78, 5) is 0.442. The molecule has 0 radical (unpaired) electrons. The van der Waals surface area contributed by atoms with Gasteiger partial charge in [-0.3, -0.25) is 0 Å². The molecule has 1 aliphatic carbocycles. The van der Waals surface area contributed by atoms with E-state index in [4.69, 9.17) is 41.2 Å². The summed E-state index contributed by atoms with van der Waals surface area (Å²) in [5, 5.41) is 0.431. The first kappa shape index (κ1) is 16.7. The monoisotopic (exact) mass is 385 g/mol. The molecule has 1 aliphatic rings. The first-order chi connectivity index (χ1) is 10.8. The van der Waals surface area contributed by atoms with E-state index >= 15 is 0 Å². The van der Waals surface area contributed by atoms with Gasteiger partial charge in [0.1, 0.15) is 0 Å². The molecule has 7 heteroatoms. The van der Waals surface area contributed by atoms with Crippen LogP contribution in [-0.4, -0.2) is 18.7 Å². The predicted octanol–water partition coefficient (Wildman–Crippen LogP) is 3.84. The second kappa shape index (κ2) is 6.06. The molecule has 3 rings (SSSR count). The van der Waals surface area contributed by atoms with Crippen molar-refractivity contribution in [1.82, 2.24) is 0 Å². The standard InChI is InChI=1S/C16H13Cl2NO2S2/c17-10-3-1-9(2-4-10)13-14(16(19)22)15(13)23(20,21)12-7-5-11(18)6-8-12/h1-8,13-15H,(H2,19,22)/t13-,14-,15+/m1/s1. The summed E-state index contributed by atoms with van der Waals surface area (Å²) in [6, 6.07) is 13.2. The first-order valence-electron chi connectivity index (χ1n) is 6.86. The third kappa shape index (κ3) is 3.11. The molecular weight excluding hydrogens is 373 g/mol. The van der Waals surface area contributed by atoms with Crippen LogP contribution in [0.4, 0.5) is 0 Å². The Morgan fingerprint density at radius 1 is 0.957 bits per heavy atom. The summed E-state index contributed by atoms with van der Waals surface area (Å²) in [5.74, 6) is -0.614. The molecule has 0 aliphatic heterocycles. The van der Waals surface area contributed by atoms with Gasteiger partial charge in [0.2, 0.25) is 0 Å². The first-order valence-corrected chi connectivity index (χ1v) is 9.57. The zero-order valence-electron chi connectivity index (χ0n) is 11.8. The van der Waals surface area contributed by atoms with Crippen molar-refractivity contribution in [3.8, 4) is 0 Å². The lowest BCUT2D eigenvalue weighted by molar-refractivity contribution is 0.593. The van der Waals surface area contributed by atoms with E-state index in [-0.39, 0.29) is 21.7 Å². The molecule has 0 spiro atoms. The number of halogens is 2. The second-order valence-corrected chi connectivity index (χ2v) is 8.92. The van der Waals surface area contributed by atoms with Gasteiger partial charge in [0.05, 0.1) is 15.1 Å². The highest BCUT2D eigenvalue weighted by molar-refractivity contribution is 7.92. The number of hydrogen-bond donors (Lipinski definition) is 1. The Bertz CT molecular complexity index is 849. The van der Waals surface area contributed by atoms with Gasteiger partial charge in [0, 0.05) is 21.9 Å². The van der Waals surface area contributed by atoms with Gasteiger partial charge in [-0.1, -0.05) is 47.6 Å². The van der Waals surface area contributed by atoms with E-state index in [1.165, 1.54) is 12.1 Å². The maximum absolute atomic E-state index is 12.9. The van der Waals surface area contributed by atoms with E-state index < -0.39 is 15.1 Å². The van der Waals surface area contributed by atoms with Crippen LogP contribution in [0.5, 0.6) is 0 Å². The summed E-state index contributed by atoms with van der Waals surface area (Å²) in [6.45, 7) is 0. The van der Waals surface area contributed by atoms with Crippen LogP contribution < -0.4 is 5.73 Å². The molecule has 0 amide bonds. The Morgan fingerprint density at radius 3 is 1.91 bits per heavy atom. The Balaban J connectivity index is 1.98. The van der Waals surface area contributed by atoms with Crippen LogP contribution in [0.25, 0.3) is 0 Å². The molecular formula is C16H13Cl2NO2S2.